The van der Waals surface area contributed by atoms with E-state index in [1.54, 1.807) is 7.11 Å². The molecule has 1 atom stereocenters. The number of amides is 1. The summed E-state index contributed by atoms with van der Waals surface area (Å²) in [6.07, 6.45) is 2.14. The minimum absolute atomic E-state index is 0.0436. The number of nitrogens with zero attached hydrogens (tertiary/aromatic N) is 2. The molecule has 128 valence electrons. The number of piperidine rings is 1. The molecule has 1 unspecified atom stereocenters. The SMILES string of the molecule is CCOC1CCCN(C(=O)c2cc3ccc(OC)cc3nc2C)C1. The van der Waals surface area contributed by atoms with Crippen LogP contribution >= 0.6 is 0 Å². The third-order valence-electron chi connectivity index (χ3n) is 4.51. The van der Waals surface area contributed by atoms with Crippen LogP contribution in [0.1, 0.15) is 35.8 Å². The molecule has 5 heteroatoms. The second-order valence-corrected chi connectivity index (χ2v) is 6.15. The zero-order chi connectivity index (χ0) is 17.1. The number of benzene rings is 1. The number of carbonyl (C=O) groups is 1. The van der Waals surface area contributed by atoms with Crippen molar-refractivity contribution < 1.29 is 14.3 Å². The Bertz CT molecular complexity index is 743. The van der Waals surface area contributed by atoms with Gasteiger partial charge in [-0.2, -0.15) is 0 Å². The molecule has 1 fully saturated rings. The number of hydrogen-bond acceptors (Lipinski definition) is 4. The molecule has 5 nitrogen and oxygen atoms in total. The quantitative estimate of drug-likeness (QED) is 0.865. The molecule has 1 aromatic carbocycles. The molecule has 2 heterocycles. The number of aromatic nitrogens is 1. The molecule has 0 bridgehead atoms. The van der Waals surface area contributed by atoms with Gasteiger partial charge < -0.3 is 14.4 Å². The Morgan fingerprint density at radius 1 is 1.38 bits per heavy atom. The summed E-state index contributed by atoms with van der Waals surface area (Å²) in [6.45, 7) is 6.00. The fourth-order valence-corrected chi connectivity index (χ4v) is 3.25. The highest BCUT2D eigenvalue weighted by Crippen LogP contribution is 2.23. The lowest BCUT2D eigenvalue weighted by molar-refractivity contribution is 0.00720. The number of hydrogen-bond donors (Lipinski definition) is 0. The third-order valence-corrected chi connectivity index (χ3v) is 4.51. The van der Waals surface area contributed by atoms with Crippen molar-refractivity contribution in [3.8, 4) is 5.75 Å². The minimum atomic E-state index is 0.0436. The number of ether oxygens (including phenoxy) is 2. The fraction of sp³-hybridized carbons (Fsp3) is 0.474. The molecule has 1 amide bonds. The van der Waals surface area contributed by atoms with Gasteiger partial charge in [0.1, 0.15) is 5.75 Å². The summed E-state index contributed by atoms with van der Waals surface area (Å²) >= 11 is 0. The molecule has 1 aliphatic rings. The van der Waals surface area contributed by atoms with Crippen LogP contribution in [0.25, 0.3) is 10.9 Å². The predicted octanol–water partition coefficient (Wildman–Crippen LogP) is 3.19. The van der Waals surface area contributed by atoms with E-state index in [9.17, 15) is 4.79 Å². The smallest absolute Gasteiger partial charge is 0.255 e. The van der Waals surface area contributed by atoms with Crippen LogP contribution in [0.2, 0.25) is 0 Å². The molecule has 0 radical (unpaired) electrons. The number of methoxy groups -OCH3 is 1. The minimum Gasteiger partial charge on any atom is -0.497 e. The molecule has 2 aromatic rings. The van der Waals surface area contributed by atoms with Gasteiger partial charge in [-0.15, -0.1) is 0 Å². The van der Waals surface area contributed by atoms with Crippen molar-refractivity contribution in [2.45, 2.75) is 32.8 Å². The van der Waals surface area contributed by atoms with E-state index in [1.807, 2.05) is 43.0 Å². The Labute approximate surface area is 142 Å². The molecule has 3 rings (SSSR count). The third kappa shape index (κ3) is 3.36. The lowest BCUT2D eigenvalue weighted by Crippen LogP contribution is -2.43. The molecule has 0 saturated carbocycles. The van der Waals surface area contributed by atoms with Crippen molar-refractivity contribution in [1.29, 1.82) is 0 Å². The predicted molar refractivity (Wildman–Crippen MR) is 93.6 cm³/mol. The number of fused-ring (bicyclic) bond motifs is 1. The van der Waals surface area contributed by atoms with Crippen molar-refractivity contribution in [2.75, 3.05) is 26.8 Å². The van der Waals surface area contributed by atoms with Gasteiger partial charge in [-0.25, -0.2) is 0 Å². The van der Waals surface area contributed by atoms with Crippen LogP contribution in [0.15, 0.2) is 24.3 Å². The molecule has 24 heavy (non-hydrogen) atoms. The topological polar surface area (TPSA) is 51.7 Å². The van der Waals surface area contributed by atoms with Gasteiger partial charge in [0.2, 0.25) is 0 Å². The summed E-state index contributed by atoms with van der Waals surface area (Å²) in [5.41, 5.74) is 2.26. The van der Waals surface area contributed by atoms with E-state index in [0.29, 0.717) is 18.7 Å². The standard InChI is InChI=1S/C19H24N2O3/c1-4-24-16-6-5-9-21(12-16)19(22)17-10-14-7-8-15(23-3)11-18(14)20-13(17)2/h7-8,10-11,16H,4-6,9,12H2,1-3H3. The lowest BCUT2D eigenvalue weighted by Gasteiger charge is -2.32. The van der Waals surface area contributed by atoms with Crippen molar-refractivity contribution in [3.63, 3.8) is 0 Å². The first-order chi connectivity index (χ1) is 11.6. The van der Waals surface area contributed by atoms with E-state index < -0.39 is 0 Å². The molecule has 0 spiro atoms. The summed E-state index contributed by atoms with van der Waals surface area (Å²) in [7, 11) is 1.64. The molecular formula is C19H24N2O3. The molecule has 0 aliphatic carbocycles. The van der Waals surface area contributed by atoms with Crippen LogP contribution < -0.4 is 4.74 Å². The van der Waals surface area contributed by atoms with Crippen LogP contribution in [0, 0.1) is 6.92 Å². The van der Waals surface area contributed by atoms with Crippen molar-refractivity contribution in [2.24, 2.45) is 0 Å². The van der Waals surface area contributed by atoms with E-state index in [0.717, 1.165) is 41.7 Å². The zero-order valence-corrected chi connectivity index (χ0v) is 14.5. The highest BCUT2D eigenvalue weighted by atomic mass is 16.5. The van der Waals surface area contributed by atoms with Crippen LogP contribution in [0.3, 0.4) is 0 Å². The number of likely N-dealkylation sites (tertiary alicyclic amines) is 1. The summed E-state index contributed by atoms with van der Waals surface area (Å²) in [6, 6.07) is 7.66. The Hall–Kier alpha value is -2.14. The van der Waals surface area contributed by atoms with Gasteiger partial charge in [-0.1, -0.05) is 0 Å². The van der Waals surface area contributed by atoms with Gasteiger partial charge in [-0.05, 0) is 44.9 Å². The van der Waals surface area contributed by atoms with E-state index >= 15 is 0 Å². The van der Waals surface area contributed by atoms with Gasteiger partial charge in [0.25, 0.3) is 5.91 Å². The summed E-state index contributed by atoms with van der Waals surface area (Å²) in [5.74, 6) is 0.811. The average molecular weight is 328 g/mol. The van der Waals surface area contributed by atoms with Gasteiger partial charge >= 0.3 is 0 Å². The monoisotopic (exact) mass is 328 g/mol. The first-order valence-corrected chi connectivity index (χ1v) is 8.48. The Morgan fingerprint density at radius 2 is 2.21 bits per heavy atom. The fourth-order valence-electron chi connectivity index (χ4n) is 3.25. The second kappa shape index (κ2) is 7.18. The zero-order valence-electron chi connectivity index (χ0n) is 14.5. The van der Waals surface area contributed by atoms with E-state index in [-0.39, 0.29) is 12.0 Å². The largest absolute Gasteiger partial charge is 0.497 e. The first-order valence-electron chi connectivity index (χ1n) is 8.48. The van der Waals surface area contributed by atoms with Gasteiger partial charge in [0.15, 0.2) is 0 Å². The van der Waals surface area contributed by atoms with E-state index in [2.05, 4.69) is 4.98 Å². The normalized spacial score (nSPS) is 18.0. The molecule has 1 aromatic heterocycles. The average Bonchev–Trinajstić information content (AvgIpc) is 2.60. The highest BCUT2D eigenvalue weighted by Gasteiger charge is 2.26. The Balaban J connectivity index is 1.87. The Kier molecular flexibility index (Phi) is 5.00. The maximum atomic E-state index is 12.9. The van der Waals surface area contributed by atoms with Crippen molar-refractivity contribution in [3.05, 3.63) is 35.5 Å². The number of rotatable bonds is 4. The molecule has 1 saturated heterocycles. The first kappa shape index (κ1) is 16.7. The molecular weight excluding hydrogens is 304 g/mol. The van der Waals surface area contributed by atoms with Crippen LogP contribution in [0.5, 0.6) is 5.75 Å². The Morgan fingerprint density at radius 3 is 2.96 bits per heavy atom. The van der Waals surface area contributed by atoms with Gasteiger partial charge in [0, 0.05) is 31.1 Å². The number of pyridine rings is 1. The summed E-state index contributed by atoms with van der Waals surface area (Å²) in [5, 5.41) is 0.947. The summed E-state index contributed by atoms with van der Waals surface area (Å²) < 4.78 is 10.9. The van der Waals surface area contributed by atoms with Crippen LogP contribution in [0.4, 0.5) is 0 Å². The van der Waals surface area contributed by atoms with E-state index in [1.165, 1.54) is 0 Å². The maximum absolute atomic E-state index is 12.9. The van der Waals surface area contributed by atoms with Crippen molar-refractivity contribution >= 4 is 16.8 Å². The van der Waals surface area contributed by atoms with E-state index in [4.69, 9.17) is 9.47 Å². The molecule has 1 aliphatic heterocycles. The second-order valence-electron chi connectivity index (χ2n) is 6.15. The van der Waals surface area contributed by atoms with Crippen molar-refractivity contribution in [1.82, 2.24) is 9.88 Å². The number of aryl methyl sites for hydroxylation is 1. The lowest BCUT2D eigenvalue weighted by atomic mass is 10.0. The van der Waals surface area contributed by atoms with Crippen LogP contribution in [-0.2, 0) is 4.74 Å². The maximum Gasteiger partial charge on any atom is 0.255 e. The van der Waals surface area contributed by atoms with Gasteiger partial charge in [0.05, 0.1) is 30.0 Å². The summed E-state index contributed by atoms with van der Waals surface area (Å²) in [4.78, 5) is 19.4. The molecule has 0 N–H and O–H groups in total. The van der Waals surface area contributed by atoms with Gasteiger partial charge in [-0.3, -0.25) is 9.78 Å². The number of carbonyl (C=O) groups excluding carboxylic acids is 1. The van der Waals surface area contributed by atoms with Crippen LogP contribution in [-0.4, -0.2) is 48.7 Å². The highest BCUT2D eigenvalue weighted by molar-refractivity contribution is 5.98.